The molecule has 1 N–H and O–H groups in total. The smallest absolute Gasteiger partial charge is 0.389 e. The Hall–Kier alpha value is -2.00. The standard InChI is InChI=1S/C8H3F6NO3/c9-7(10,11)5-3(2-16)1-4(17)15-6(5)18-8(12,13)14/h1-2H,(H,15,17). The second kappa shape index (κ2) is 4.35. The van der Waals surface area contributed by atoms with E-state index >= 15 is 0 Å². The number of nitrogens with one attached hydrogen (secondary N) is 1. The van der Waals surface area contributed by atoms with Crippen LogP contribution in [-0.4, -0.2) is 17.6 Å². The monoisotopic (exact) mass is 275 g/mol. The lowest BCUT2D eigenvalue weighted by Crippen LogP contribution is -2.25. The number of carbonyl (C=O) groups excluding carboxylic acids is 1. The maximum atomic E-state index is 12.5. The molecule has 0 radical (unpaired) electrons. The average molecular weight is 275 g/mol. The number of alkyl halides is 6. The molecule has 10 heteroatoms. The van der Waals surface area contributed by atoms with Gasteiger partial charge in [-0.25, -0.2) is 0 Å². The first-order chi connectivity index (χ1) is 8.04. The maximum absolute atomic E-state index is 12.5. The molecule has 0 aliphatic rings. The molecule has 0 fully saturated rings. The van der Waals surface area contributed by atoms with Crippen LogP contribution in [0, 0.1) is 0 Å². The van der Waals surface area contributed by atoms with Crippen LogP contribution < -0.4 is 10.3 Å². The third kappa shape index (κ3) is 3.25. The Kier molecular flexibility index (Phi) is 3.40. The zero-order valence-corrected chi connectivity index (χ0v) is 8.15. The summed E-state index contributed by atoms with van der Waals surface area (Å²) in [6, 6.07) is 0.221. The summed E-state index contributed by atoms with van der Waals surface area (Å²) < 4.78 is 76.1. The van der Waals surface area contributed by atoms with Gasteiger partial charge >= 0.3 is 12.5 Å². The van der Waals surface area contributed by atoms with Gasteiger partial charge in [0.15, 0.2) is 6.29 Å². The van der Waals surface area contributed by atoms with E-state index in [4.69, 9.17) is 0 Å². The van der Waals surface area contributed by atoms with Crippen LogP contribution in [-0.2, 0) is 6.18 Å². The Bertz CT molecular complexity index is 515. The number of H-pyrrole nitrogens is 1. The summed E-state index contributed by atoms with van der Waals surface area (Å²) in [6.45, 7) is 0. The molecule has 0 aromatic carbocycles. The lowest BCUT2D eigenvalue weighted by atomic mass is 10.1. The lowest BCUT2D eigenvalue weighted by Gasteiger charge is -2.15. The van der Waals surface area contributed by atoms with Crippen molar-refractivity contribution in [2.75, 3.05) is 0 Å². The van der Waals surface area contributed by atoms with Crippen molar-refractivity contribution in [3.63, 3.8) is 0 Å². The molecule has 1 rings (SSSR count). The van der Waals surface area contributed by atoms with Crippen LogP contribution in [0.1, 0.15) is 15.9 Å². The van der Waals surface area contributed by atoms with Crippen LogP contribution in [0.2, 0.25) is 0 Å². The number of aromatic nitrogens is 1. The second-order valence-electron chi connectivity index (χ2n) is 2.96. The van der Waals surface area contributed by atoms with Crippen molar-refractivity contribution in [3.8, 4) is 5.88 Å². The van der Waals surface area contributed by atoms with E-state index in [1.165, 1.54) is 4.98 Å². The van der Waals surface area contributed by atoms with Crippen LogP contribution in [0.25, 0.3) is 0 Å². The third-order valence-electron chi connectivity index (χ3n) is 1.67. The fourth-order valence-corrected chi connectivity index (χ4v) is 1.13. The highest BCUT2D eigenvalue weighted by Crippen LogP contribution is 2.38. The Balaban J connectivity index is 3.53. The van der Waals surface area contributed by atoms with Crippen molar-refractivity contribution in [3.05, 3.63) is 27.5 Å². The molecule has 0 aliphatic heterocycles. The van der Waals surface area contributed by atoms with Gasteiger partial charge < -0.3 is 4.74 Å². The molecule has 100 valence electrons. The lowest BCUT2D eigenvalue weighted by molar-refractivity contribution is -0.278. The minimum atomic E-state index is -5.44. The van der Waals surface area contributed by atoms with Gasteiger partial charge in [0.05, 0.1) is 0 Å². The van der Waals surface area contributed by atoms with Crippen molar-refractivity contribution in [1.82, 2.24) is 4.98 Å². The van der Waals surface area contributed by atoms with Gasteiger partial charge in [0.25, 0.3) is 5.56 Å². The zero-order valence-electron chi connectivity index (χ0n) is 8.15. The van der Waals surface area contributed by atoms with E-state index < -0.39 is 35.1 Å². The molecule has 1 aromatic heterocycles. The highest BCUT2D eigenvalue weighted by atomic mass is 19.4. The number of carbonyl (C=O) groups is 1. The van der Waals surface area contributed by atoms with Crippen LogP contribution in [0.4, 0.5) is 26.3 Å². The van der Waals surface area contributed by atoms with Crippen molar-refractivity contribution < 1.29 is 35.9 Å². The van der Waals surface area contributed by atoms with Crippen LogP contribution >= 0.6 is 0 Å². The zero-order chi connectivity index (χ0) is 14.1. The molecule has 18 heavy (non-hydrogen) atoms. The van der Waals surface area contributed by atoms with Crippen molar-refractivity contribution in [2.24, 2.45) is 0 Å². The Morgan fingerprint density at radius 3 is 2.11 bits per heavy atom. The number of pyridine rings is 1. The molecule has 0 bridgehead atoms. The number of hydrogen-bond donors (Lipinski definition) is 1. The molecule has 0 saturated heterocycles. The largest absolute Gasteiger partial charge is 0.574 e. The van der Waals surface area contributed by atoms with E-state index in [1.54, 1.807) is 0 Å². The fraction of sp³-hybridized carbons (Fsp3) is 0.250. The van der Waals surface area contributed by atoms with Gasteiger partial charge in [-0.2, -0.15) is 13.2 Å². The normalized spacial score (nSPS) is 12.3. The van der Waals surface area contributed by atoms with Crippen LogP contribution in [0.3, 0.4) is 0 Å². The van der Waals surface area contributed by atoms with Gasteiger partial charge in [0, 0.05) is 11.6 Å². The summed E-state index contributed by atoms with van der Waals surface area (Å²) in [7, 11) is 0. The first-order valence-corrected chi connectivity index (χ1v) is 4.10. The SMILES string of the molecule is O=Cc1cc(=O)[nH]c(OC(F)(F)F)c1C(F)(F)F. The molecular weight excluding hydrogens is 272 g/mol. The van der Waals surface area contributed by atoms with Crippen LogP contribution in [0.15, 0.2) is 10.9 Å². The molecule has 1 aromatic rings. The highest BCUT2D eigenvalue weighted by Gasteiger charge is 2.42. The number of aromatic amines is 1. The van der Waals surface area contributed by atoms with E-state index in [-0.39, 0.29) is 12.4 Å². The van der Waals surface area contributed by atoms with Crippen molar-refractivity contribution in [1.29, 1.82) is 0 Å². The van der Waals surface area contributed by atoms with E-state index in [0.717, 1.165) is 0 Å². The predicted molar refractivity (Wildman–Crippen MR) is 44.1 cm³/mol. The van der Waals surface area contributed by atoms with Crippen LogP contribution in [0.5, 0.6) is 5.88 Å². The molecule has 0 spiro atoms. The predicted octanol–water partition coefficient (Wildman–Crippen LogP) is 2.10. The second-order valence-corrected chi connectivity index (χ2v) is 2.96. The topological polar surface area (TPSA) is 59.2 Å². The van der Waals surface area contributed by atoms with E-state index in [0.29, 0.717) is 0 Å². The third-order valence-corrected chi connectivity index (χ3v) is 1.67. The molecule has 0 atom stereocenters. The molecule has 0 amide bonds. The summed E-state index contributed by atoms with van der Waals surface area (Å²) in [5, 5.41) is 0. The number of hydrogen-bond acceptors (Lipinski definition) is 3. The molecule has 0 saturated carbocycles. The first-order valence-electron chi connectivity index (χ1n) is 4.10. The molecule has 0 aliphatic carbocycles. The maximum Gasteiger partial charge on any atom is 0.574 e. The Morgan fingerprint density at radius 2 is 1.72 bits per heavy atom. The number of aldehydes is 1. The Morgan fingerprint density at radius 1 is 1.17 bits per heavy atom. The quantitative estimate of drug-likeness (QED) is 0.664. The molecule has 4 nitrogen and oxygen atoms in total. The Labute approximate surface area is 94.2 Å². The summed E-state index contributed by atoms with van der Waals surface area (Å²) in [5.74, 6) is -1.87. The first kappa shape index (κ1) is 14.1. The van der Waals surface area contributed by atoms with E-state index in [2.05, 4.69) is 4.74 Å². The number of rotatable bonds is 2. The summed E-state index contributed by atoms with van der Waals surface area (Å²) in [6.07, 6.45) is -11.1. The molecule has 0 unspecified atom stereocenters. The summed E-state index contributed by atoms with van der Waals surface area (Å²) in [5.41, 5.74) is -4.57. The minimum absolute atomic E-state index is 0.221. The molecular formula is C8H3F6NO3. The summed E-state index contributed by atoms with van der Waals surface area (Å²) in [4.78, 5) is 22.4. The van der Waals surface area contributed by atoms with E-state index in [9.17, 15) is 35.9 Å². The summed E-state index contributed by atoms with van der Waals surface area (Å²) >= 11 is 0. The van der Waals surface area contributed by atoms with Gasteiger partial charge in [-0.05, 0) is 0 Å². The van der Waals surface area contributed by atoms with Gasteiger partial charge in [-0.15, -0.1) is 13.2 Å². The molecule has 1 heterocycles. The van der Waals surface area contributed by atoms with Gasteiger partial charge in [0.2, 0.25) is 5.88 Å². The highest BCUT2D eigenvalue weighted by molar-refractivity contribution is 5.78. The van der Waals surface area contributed by atoms with Gasteiger partial charge in [-0.3, -0.25) is 14.6 Å². The average Bonchev–Trinajstić information content (AvgIpc) is 2.11. The van der Waals surface area contributed by atoms with Crippen molar-refractivity contribution >= 4 is 6.29 Å². The number of ether oxygens (including phenoxy) is 1. The van der Waals surface area contributed by atoms with Gasteiger partial charge in [0.1, 0.15) is 5.56 Å². The minimum Gasteiger partial charge on any atom is -0.389 e. The van der Waals surface area contributed by atoms with E-state index in [1.807, 2.05) is 0 Å². The fourth-order valence-electron chi connectivity index (χ4n) is 1.13. The number of halogens is 6. The van der Waals surface area contributed by atoms with Gasteiger partial charge in [-0.1, -0.05) is 0 Å². The van der Waals surface area contributed by atoms with Crippen molar-refractivity contribution in [2.45, 2.75) is 12.5 Å².